The number of hydrogen-bond donors (Lipinski definition) is 0. The van der Waals surface area contributed by atoms with Gasteiger partial charge in [0.15, 0.2) is 9.84 Å². The summed E-state index contributed by atoms with van der Waals surface area (Å²) < 4.78 is 22.4. The summed E-state index contributed by atoms with van der Waals surface area (Å²) in [5, 5.41) is 8.63. The average molecular weight is 216 g/mol. The van der Waals surface area contributed by atoms with Crippen LogP contribution in [0, 0.1) is 17.2 Å². The first kappa shape index (κ1) is 11.5. The fourth-order valence-electron chi connectivity index (χ4n) is 1.74. The summed E-state index contributed by atoms with van der Waals surface area (Å²) in [7, 11) is -0.919. The maximum absolute atomic E-state index is 11.2. The van der Waals surface area contributed by atoms with Gasteiger partial charge in [-0.2, -0.15) is 5.26 Å². The van der Waals surface area contributed by atoms with Gasteiger partial charge in [0.05, 0.1) is 23.5 Å². The minimum absolute atomic E-state index is 0.0386. The van der Waals surface area contributed by atoms with Crippen LogP contribution in [-0.4, -0.2) is 44.5 Å². The van der Waals surface area contributed by atoms with Gasteiger partial charge in [0.2, 0.25) is 0 Å². The zero-order valence-electron chi connectivity index (χ0n) is 8.60. The van der Waals surface area contributed by atoms with E-state index in [9.17, 15) is 8.42 Å². The highest BCUT2D eigenvalue weighted by molar-refractivity contribution is 7.91. The fourth-order valence-corrected chi connectivity index (χ4v) is 3.55. The Morgan fingerprint density at radius 2 is 2.29 bits per heavy atom. The fraction of sp³-hybridized carbons (Fsp3) is 0.889. The molecule has 1 heterocycles. The highest BCUT2D eigenvalue weighted by Gasteiger charge is 2.30. The van der Waals surface area contributed by atoms with Gasteiger partial charge in [0, 0.05) is 12.6 Å². The summed E-state index contributed by atoms with van der Waals surface area (Å²) in [4.78, 5) is 1.98. The number of hydrogen-bond acceptors (Lipinski definition) is 4. The molecule has 0 spiro atoms. The maximum Gasteiger partial charge on any atom is 0.151 e. The van der Waals surface area contributed by atoms with Gasteiger partial charge in [-0.3, -0.25) is 0 Å². The largest absolute Gasteiger partial charge is 0.301 e. The van der Waals surface area contributed by atoms with E-state index >= 15 is 0 Å². The van der Waals surface area contributed by atoms with E-state index in [1.54, 1.807) is 0 Å². The van der Waals surface area contributed by atoms with Crippen LogP contribution >= 0.6 is 0 Å². The second-order valence-corrected chi connectivity index (χ2v) is 6.26. The number of sulfone groups is 1. The Kier molecular flexibility index (Phi) is 3.51. The molecule has 0 bridgehead atoms. The summed E-state index contributed by atoms with van der Waals surface area (Å²) in [5.74, 6) is 0.508. The number of nitrogens with zero attached hydrogens (tertiary/aromatic N) is 2. The minimum Gasteiger partial charge on any atom is -0.301 e. The first-order valence-corrected chi connectivity index (χ1v) is 6.57. The molecule has 0 aliphatic carbocycles. The van der Waals surface area contributed by atoms with E-state index in [0.717, 1.165) is 0 Å². The third kappa shape index (κ3) is 2.96. The van der Waals surface area contributed by atoms with E-state index in [1.165, 1.54) is 0 Å². The van der Waals surface area contributed by atoms with Gasteiger partial charge in [0.1, 0.15) is 0 Å². The Morgan fingerprint density at radius 1 is 1.64 bits per heavy atom. The molecule has 0 amide bonds. The van der Waals surface area contributed by atoms with Crippen LogP contribution in [0.25, 0.3) is 0 Å². The monoisotopic (exact) mass is 216 g/mol. The number of rotatable bonds is 3. The molecule has 5 heteroatoms. The third-order valence-corrected chi connectivity index (χ3v) is 4.36. The molecule has 1 saturated heterocycles. The SMILES string of the molecule is CC(C#N)CN(C)C1CCS(=O)(=O)C1. The van der Waals surface area contributed by atoms with Crippen molar-refractivity contribution < 1.29 is 8.42 Å². The van der Waals surface area contributed by atoms with E-state index in [2.05, 4.69) is 6.07 Å². The Morgan fingerprint density at radius 3 is 2.71 bits per heavy atom. The lowest BCUT2D eigenvalue weighted by Gasteiger charge is -2.23. The predicted molar refractivity (Wildman–Crippen MR) is 54.5 cm³/mol. The highest BCUT2D eigenvalue weighted by Crippen LogP contribution is 2.17. The average Bonchev–Trinajstić information content (AvgIpc) is 2.46. The molecule has 0 N–H and O–H groups in total. The molecule has 2 atom stereocenters. The zero-order valence-corrected chi connectivity index (χ0v) is 9.42. The molecule has 1 aliphatic rings. The molecular formula is C9H16N2O2S. The first-order valence-electron chi connectivity index (χ1n) is 4.75. The standard InChI is InChI=1S/C9H16N2O2S/c1-8(5-10)6-11(2)9-3-4-14(12,13)7-9/h8-9H,3-4,6-7H2,1-2H3. The molecule has 1 fully saturated rings. The summed E-state index contributed by atoms with van der Waals surface area (Å²) in [5.41, 5.74) is 0. The minimum atomic E-state index is -2.81. The molecule has 4 nitrogen and oxygen atoms in total. The second kappa shape index (κ2) is 4.28. The predicted octanol–water partition coefficient (Wildman–Crippen LogP) is 0.265. The van der Waals surface area contributed by atoms with E-state index in [1.807, 2.05) is 18.9 Å². The summed E-state index contributed by atoms with van der Waals surface area (Å²) >= 11 is 0. The third-order valence-electron chi connectivity index (χ3n) is 2.61. The second-order valence-electron chi connectivity index (χ2n) is 4.03. The molecule has 0 saturated carbocycles. The number of nitriles is 1. The van der Waals surface area contributed by atoms with Crippen LogP contribution < -0.4 is 0 Å². The van der Waals surface area contributed by atoms with Crippen molar-refractivity contribution >= 4 is 9.84 Å². The van der Waals surface area contributed by atoms with Crippen LogP contribution in [0.15, 0.2) is 0 Å². The molecule has 14 heavy (non-hydrogen) atoms. The highest BCUT2D eigenvalue weighted by atomic mass is 32.2. The topological polar surface area (TPSA) is 61.2 Å². The van der Waals surface area contributed by atoms with Crippen LogP contribution in [-0.2, 0) is 9.84 Å². The van der Waals surface area contributed by atoms with Gasteiger partial charge in [0.25, 0.3) is 0 Å². The van der Waals surface area contributed by atoms with E-state index < -0.39 is 9.84 Å². The van der Waals surface area contributed by atoms with Crippen LogP contribution in [0.4, 0.5) is 0 Å². The van der Waals surface area contributed by atoms with Crippen molar-refractivity contribution in [3.05, 3.63) is 0 Å². The quantitative estimate of drug-likeness (QED) is 0.679. The molecule has 1 rings (SSSR count). The van der Waals surface area contributed by atoms with Gasteiger partial charge >= 0.3 is 0 Å². The molecule has 0 aromatic heterocycles. The van der Waals surface area contributed by atoms with Crippen molar-refractivity contribution in [2.45, 2.75) is 19.4 Å². The summed E-state index contributed by atoms with van der Waals surface area (Å²) in [6, 6.07) is 2.26. The molecule has 1 aliphatic heterocycles. The van der Waals surface area contributed by atoms with Crippen molar-refractivity contribution in [1.82, 2.24) is 4.90 Å². The van der Waals surface area contributed by atoms with Crippen molar-refractivity contribution in [2.24, 2.45) is 5.92 Å². The van der Waals surface area contributed by atoms with E-state index in [4.69, 9.17) is 5.26 Å². The van der Waals surface area contributed by atoms with Gasteiger partial charge in [-0.05, 0) is 20.4 Å². The van der Waals surface area contributed by atoms with E-state index in [0.29, 0.717) is 18.7 Å². The van der Waals surface area contributed by atoms with Crippen molar-refractivity contribution in [3.63, 3.8) is 0 Å². The van der Waals surface area contributed by atoms with Crippen molar-refractivity contribution in [1.29, 1.82) is 5.26 Å². The molecule has 0 aromatic carbocycles. The summed E-state index contributed by atoms with van der Waals surface area (Å²) in [6.07, 6.45) is 0.705. The molecule has 80 valence electrons. The van der Waals surface area contributed by atoms with E-state index in [-0.39, 0.29) is 17.7 Å². The Hall–Kier alpha value is -0.600. The normalized spacial score (nSPS) is 27.4. The van der Waals surface area contributed by atoms with Crippen molar-refractivity contribution in [3.8, 4) is 6.07 Å². The van der Waals surface area contributed by atoms with Crippen LogP contribution in [0.5, 0.6) is 0 Å². The lowest BCUT2D eigenvalue weighted by Crippen LogP contribution is -2.35. The summed E-state index contributed by atoms with van der Waals surface area (Å²) in [6.45, 7) is 2.50. The van der Waals surface area contributed by atoms with Crippen molar-refractivity contribution in [2.75, 3.05) is 25.1 Å². The van der Waals surface area contributed by atoms with Crippen LogP contribution in [0.2, 0.25) is 0 Å². The molecule has 2 unspecified atom stereocenters. The lowest BCUT2D eigenvalue weighted by molar-refractivity contribution is 0.245. The lowest BCUT2D eigenvalue weighted by atomic mass is 10.1. The Balaban J connectivity index is 2.48. The first-order chi connectivity index (χ1) is 6.44. The smallest absolute Gasteiger partial charge is 0.151 e. The van der Waals surface area contributed by atoms with Gasteiger partial charge in [-0.1, -0.05) is 0 Å². The van der Waals surface area contributed by atoms with Crippen LogP contribution in [0.1, 0.15) is 13.3 Å². The molecular weight excluding hydrogens is 200 g/mol. The van der Waals surface area contributed by atoms with Gasteiger partial charge in [-0.25, -0.2) is 8.42 Å². The Labute approximate surface area is 85.4 Å². The maximum atomic E-state index is 11.2. The van der Waals surface area contributed by atoms with Crippen LogP contribution in [0.3, 0.4) is 0 Å². The van der Waals surface area contributed by atoms with Gasteiger partial charge < -0.3 is 4.90 Å². The zero-order chi connectivity index (χ0) is 10.8. The molecule has 0 radical (unpaired) electrons. The van der Waals surface area contributed by atoms with Gasteiger partial charge in [-0.15, -0.1) is 0 Å². The Bertz CT molecular complexity index is 331. The molecule has 0 aromatic rings.